The number of likely N-dealkylation sites (N-methyl/N-ethyl adjacent to an activating group) is 1. The monoisotopic (exact) mass is 470 g/mol. The lowest BCUT2D eigenvalue weighted by atomic mass is 10.00. The Bertz CT molecular complexity index is 1230. The van der Waals surface area contributed by atoms with Crippen LogP contribution in [0.3, 0.4) is 0 Å². The fraction of sp³-hybridized carbons (Fsp3) is 0.0870. The van der Waals surface area contributed by atoms with Gasteiger partial charge in [0, 0.05) is 33.9 Å². The lowest BCUT2D eigenvalue weighted by molar-refractivity contribution is -0.119. The zero-order valence-corrected chi connectivity index (χ0v) is 18.3. The molecule has 3 amide bonds. The number of amides is 3. The summed E-state index contributed by atoms with van der Waals surface area (Å²) >= 11 is 11.9. The first-order valence-electron chi connectivity index (χ1n) is 9.57. The largest absolute Gasteiger partial charge is 0.321 e. The molecule has 4 rings (SSSR count). The van der Waals surface area contributed by atoms with Crippen LogP contribution in [0.1, 0.15) is 11.1 Å². The summed E-state index contributed by atoms with van der Waals surface area (Å²) < 4.78 is 14.6. The van der Waals surface area contributed by atoms with Crippen LogP contribution in [0.4, 0.5) is 20.6 Å². The number of para-hydroxylation sites is 1. The molecule has 0 bridgehead atoms. The molecule has 1 atom stereocenters. The van der Waals surface area contributed by atoms with Gasteiger partial charge in [0.05, 0.1) is 11.4 Å². The van der Waals surface area contributed by atoms with E-state index in [-0.39, 0.29) is 11.3 Å². The number of carbonyl (C=O) groups is 2. The van der Waals surface area contributed by atoms with E-state index < -0.39 is 23.9 Å². The molecular formula is C23H17Cl2FN4O2. The number of anilines is 2. The van der Waals surface area contributed by atoms with Gasteiger partial charge in [0.1, 0.15) is 5.82 Å². The maximum atomic E-state index is 14.6. The van der Waals surface area contributed by atoms with Crippen LogP contribution in [0, 0.1) is 5.82 Å². The molecule has 1 heterocycles. The summed E-state index contributed by atoms with van der Waals surface area (Å²) in [7, 11) is 1.57. The van der Waals surface area contributed by atoms with Crippen LogP contribution < -0.4 is 15.5 Å². The van der Waals surface area contributed by atoms with Gasteiger partial charge in [0.15, 0.2) is 0 Å². The third-order valence-electron chi connectivity index (χ3n) is 4.86. The van der Waals surface area contributed by atoms with Crippen LogP contribution in [0.25, 0.3) is 0 Å². The van der Waals surface area contributed by atoms with Crippen LogP contribution in [0.2, 0.25) is 10.0 Å². The van der Waals surface area contributed by atoms with Crippen molar-refractivity contribution in [2.75, 3.05) is 17.3 Å². The number of fused-ring (bicyclic) bond motifs is 1. The van der Waals surface area contributed by atoms with Crippen molar-refractivity contribution in [3.63, 3.8) is 0 Å². The lowest BCUT2D eigenvalue weighted by Gasteiger charge is -2.21. The van der Waals surface area contributed by atoms with Crippen LogP contribution in [-0.4, -0.2) is 30.9 Å². The van der Waals surface area contributed by atoms with Gasteiger partial charge in [-0.1, -0.05) is 53.5 Å². The number of urea groups is 1. The number of rotatable bonds is 3. The third kappa shape index (κ3) is 4.44. The van der Waals surface area contributed by atoms with Crippen molar-refractivity contribution in [1.29, 1.82) is 0 Å². The summed E-state index contributed by atoms with van der Waals surface area (Å²) in [6.07, 6.45) is -1.29. The summed E-state index contributed by atoms with van der Waals surface area (Å²) in [4.78, 5) is 31.6. The minimum absolute atomic E-state index is 0.219. The van der Waals surface area contributed by atoms with Crippen molar-refractivity contribution in [2.24, 2.45) is 4.99 Å². The van der Waals surface area contributed by atoms with E-state index in [2.05, 4.69) is 15.6 Å². The molecule has 32 heavy (non-hydrogen) atoms. The van der Waals surface area contributed by atoms with Crippen LogP contribution in [0.15, 0.2) is 71.7 Å². The predicted octanol–water partition coefficient (Wildman–Crippen LogP) is 5.09. The molecule has 1 aliphatic heterocycles. The number of halogens is 3. The number of benzodiazepines with no additional fused rings is 1. The Morgan fingerprint density at radius 2 is 1.62 bits per heavy atom. The number of carbonyl (C=O) groups excluding carboxylic acids is 2. The molecule has 0 aromatic heterocycles. The second kappa shape index (κ2) is 8.98. The van der Waals surface area contributed by atoms with Crippen molar-refractivity contribution in [2.45, 2.75) is 6.17 Å². The van der Waals surface area contributed by atoms with Gasteiger partial charge in [-0.2, -0.15) is 0 Å². The average Bonchev–Trinajstić information content (AvgIpc) is 2.84. The van der Waals surface area contributed by atoms with Crippen molar-refractivity contribution < 1.29 is 14.0 Å². The van der Waals surface area contributed by atoms with Crippen molar-refractivity contribution in [3.05, 3.63) is 93.7 Å². The molecule has 3 aromatic rings. The van der Waals surface area contributed by atoms with E-state index in [1.165, 1.54) is 29.2 Å². The zero-order chi connectivity index (χ0) is 22.8. The molecule has 3 aromatic carbocycles. The molecule has 0 saturated carbocycles. The van der Waals surface area contributed by atoms with Gasteiger partial charge in [0.25, 0.3) is 5.91 Å². The van der Waals surface area contributed by atoms with Gasteiger partial charge in [-0.05, 0) is 36.4 Å². The van der Waals surface area contributed by atoms with E-state index in [9.17, 15) is 14.0 Å². The molecule has 2 N–H and O–H groups in total. The molecule has 0 saturated heterocycles. The van der Waals surface area contributed by atoms with Gasteiger partial charge < -0.3 is 15.5 Å². The second-order valence-electron chi connectivity index (χ2n) is 7.03. The highest BCUT2D eigenvalue weighted by molar-refractivity contribution is 6.35. The standard InChI is InChI=1S/C23H17Cl2FN4O2/c1-30-19-9-5-3-7-17(19)20(16-6-2-4-8-18(16)26)28-21(22(30)31)29-23(32)27-15-11-13(24)10-14(25)12-15/h2-12,21H,1H3,(H2,27,29,32). The lowest BCUT2D eigenvalue weighted by Crippen LogP contribution is -2.47. The zero-order valence-electron chi connectivity index (χ0n) is 16.8. The normalized spacial score (nSPS) is 15.5. The molecule has 162 valence electrons. The van der Waals surface area contributed by atoms with Crippen LogP contribution in [-0.2, 0) is 4.79 Å². The molecule has 0 radical (unpaired) electrons. The van der Waals surface area contributed by atoms with E-state index in [1.807, 2.05) is 0 Å². The number of nitrogens with zero attached hydrogens (tertiary/aromatic N) is 2. The maximum absolute atomic E-state index is 14.6. The molecule has 0 fully saturated rings. The van der Waals surface area contributed by atoms with Crippen molar-refractivity contribution in [3.8, 4) is 0 Å². The summed E-state index contributed by atoms with van der Waals surface area (Å²) in [6, 6.07) is 17.0. The highest BCUT2D eigenvalue weighted by atomic mass is 35.5. The highest BCUT2D eigenvalue weighted by Crippen LogP contribution is 2.28. The first-order chi connectivity index (χ1) is 15.3. The smallest absolute Gasteiger partial charge is 0.311 e. The summed E-state index contributed by atoms with van der Waals surface area (Å²) in [5.41, 5.74) is 1.94. The fourth-order valence-corrected chi connectivity index (χ4v) is 3.93. The van der Waals surface area contributed by atoms with E-state index in [4.69, 9.17) is 23.2 Å². The predicted molar refractivity (Wildman–Crippen MR) is 124 cm³/mol. The van der Waals surface area contributed by atoms with Gasteiger partial charge in [-0.25, -0.2) is 14.2 Å². The van der Waals surface area contributed by atoms with E-state index in [0.29, 0.717) is 27.0 Å². The quantitative estimate of drug-likeness (QED) is 0.558. The average molecular weight is 471 g/mol. The van der Waals surface area contributed by atoms with E-state index in [0.717, 1.165) is 0 Å². The van der Waals surface area contributed by atoms with Gasteiger partial charge in [-0.3, -0.25) is 4.79 Å². The Hall–Kier alpha value is -3.42. The Kier molecular flexibility index (Phi) is 6.12. The highest BCUT2D eigenvalue weighted by Gasteiger charge is 2.31. The Morgan fingerprint density at radius 3 is 2.31 bits per heavy atom. The Morgan fingerprint density at radius 1 is 1.00 bits per heavy atom. The van der Waals surface area contributed by atoms with Crippen molar-refractivity contribution in [1.82, 2.24) is 5.32 Å². The molecule has 1 aliphatic rings. The molecule has 0 spiro atoms. The van der Waals surface area contributed by atoms with E-state index in [1.54, 1.807) is 49.5 Å². The Labute approximate surface area is 193 Å². The number of aliphatic imine (C=N–C) groups is 1. The SMILES string of the molecule is CN1C(=O)C(NC(=O)Nc2cc(Cl)cc(Cl)c2)N=C(c2ccccc2F)c2ccccc21. The van der Waals surface area contributed by atoms with E-state index >= 15 is 0 Å². The van der Waals surface area contributed by atoms with Gasteiger partial charge in [-0.15, -0.1) is 0 Å². The molecule has 0 aliphatic carbocycles. The molecular weight excluding hydrogens is 454 g/mol. The number of nitrogens with one attached hydrogen (secondary N) is 2. The summed E-state index contributed by atoms with van der Waals surface area (Å²) in [5, 5.41) is 5.81. The van der Waals surface area contributed by atoms with Crippen LogP contribution in [0.5, 0.6) is 0 Å². The van der Waals surface area contributed by atoms with Crippen LogP contribution >= 0.6 is 23.2 Å². The fourth-order valence-electron chi connectivity index (χ4n) is 3.40. The Balaban J connectivity index is 1.71. The first-order valence-corrected chi connectivity index (χ1v) is 10.3. The minimum atomic E-state index is -1.29. The maximum Gasteiger partial charge on any atom is 0.321 e. The summed E-state index contributed by atoms with van der Waals surface area (Å²) in [5.74, 6) is -0.974. The topological polar surface area (TPSA) is 73.8 Å². The third-order valence-corrected chi connectivity index (χ3v) is 5.30. The molecule has 6 nitrogen and oxygen atoms in total. The van der Waals surface area contributed by atoms with Gasteiger partial charge >= 0.3 is 6.03 Å². The summed E-state index contributed by atoms with van der Waals surface area (Å²) in [6.45, 7) is 0. The number of benzene rings is 3. The number of hydrogen-bond donors (Lipinski definition) is 2. The minimum Gasteiger partial charge on any atom is -0.311 e. The molecule has 1 unspecified atom stereocenters. The number of hydrogen-bond acceptors (Lipinski definition) is 3. The molecule has 9 heteroatoms. The first kappa shape index (κ1) is 21.8. The second-order valence-corrected chi connectivity index (χ2v) is 7.90. The van der Waals surface area contributed by atoms with Gasteiger partial charge in [0.2, 0.25) is 6.17 Å². The van der Waals surface area contributed by atoms with Crippen molar-refractivity contribution >= 4 is 52.2 Å².